The van der Waals surface area contributed by atoms with Crippen LogP contribution in [0.2, 0.25) is 0 Å². The van der Waals surface area contributed by atoms with Crippen molar-refractivity contribution in [2.24, 2.45) is 0 Å². The highest BCUT2D eigenvalue weighted by Gasteiger charge is 2.22. The summed E-state index contributed by atoms with van der Waals surface area (Å²) >= 11 is 0. The fraction of sp³-hybridized carbons (Fsp3) is 0.222. The van der Waals surface area contributed by atoms with Crippen molar-refractivity contribution in [1.82, 2.24) is 14.5 Å². The van der Waals surface area contributed by atoms with Gasteiger partial charge in [-0.3, -0.25) is 20.0 Å². The van der Waals surface area contributed by atoms with Crippen LogP contribution in [0, 0.1) is 10.1 Å². The number of fused-ring (bicyclic) bond motifs is 1. The molecule has 3 aromatic rings. The normalized spacial score (nSPS) is 11.7. The van der Waals surface area contributed by atoms with Crippen molar-refractivity contribution in [3.8, 4) is 0 Å². The molecule has 29 heavy (non-hydrogen) atoms. The largest absolute Gasteiger partial charge is 0.321 e. The molecule has 2 N–H and O–H groups in total. The molecule has 3 rings (SSSR count). The van der Waals surface area contributed by atoms with Gasteiger partial charge in [0.1, 0.15) is 0 Å². The van der Waals surface area contributed by atoms with Crippen LogP contribution >= 0.6 is 0 Å². The molecule has 0 saturated carbocycles. The first-order chi connectivity index (χ1) is 13.8. The highest BCUT2D eigenvalue weighted by atomic mass is 32.2. The molecule has 10 nitrogen and oxygen atoms in total. The maximum absolute atomic E-state index is 12.7. The molecule has 152 valence electrons. The van der Waals surface area contributed by atoms with Crippen molar-refractivity contribution in [3.63, 3.8) is 0 Å². The summed E-state index contributed by atoms with van der Waals surface area (Å²) in [5.41, 5.74) is 0.546. The fourth-order valence-electron chi connectivity index (χ4n) is 2.93. The molecule has 0 bridgehead atoms. The molecule has 0 unspecified atom stereocenters. The van der Waals surface area contributed by atoms with E-state index in [0.29, 0.717) is 24.0 Å². The number of carbonyl (C=O) groups excluding carboxylic acids is 1. The summed E-state index contributed by atoms with van der Waals surface area (Å²) in [6.07, 6.45) is 0. The number of benzene rings is 2. The van der Waals surface area contributed by atoms with Gasteiger partial charge < -0.3 is 5.32 Å². The summed E-state index contributed by atoms with van der Waals surface area (Å²) in [5, 5.41) is 20.5. The minimum atomic E-state index is -3.68. The monoisotopic (exact) mass is 417 g/mol. The van der Waals surface area contributed by atoms with Crippen LogP contribution in [0.15, 0.2) is 47.4 Å². The van der Waals surface area contributed by atoms with E-state index in [1.807, 2.05) is 0 Å². The number of hydrogen-bond acceptors (Lipinski definition) is 6. The molecule has 2 aromatic carbocycles. The van der Waals surface area contributed by atoms with Crippen LogP contribution in [0.4, 0.5) is 11.4 Å². The summed E-state index contributed by atoms with van der Waals surface area (Å²) in [6.45, 7) is 4.14. The van der Waals surface area contributed by atoms with E-state index in [-0.39, 0.29) is 22.0 Å². The average molecular weight is 417 g/mol. The number of hydrogen-bond donors (Lipinski definition) is 2. The lowest BCUT2D eigenvalue weighted by molar-refractivity contribution is -0.384. The first-order valence-corrected chi connectivity index (χ1v) is 10.3. The predicted octanol–water partition coefficient (Wildman–Crippen LogP) is 2.75. The van der Waals surface area contributed by atoms with Gasteiger partial charge >= 0.3 is 0 Å². The van der Waals surface area contributed by atoms with E-state index in [2.05, 4.69) is 15.5 Å². The second-order valence-corrected chi connectivity index (χ2v) is 8.07. The van der Waals surface area contributed by atoms with Gasteiger partial charge in [-0.2, -0.15) is 9.40 Å². The van der Waals surface area contributed by atoms with E-state index in [9.17, 15) is 23.3 Å². The van der Waals surface area contributed by atoms with E-state index in [4.69, 9.17) is 0 Å². The van der Waals surface area contributed by atoms with Crippen LogP contribution in [0.3, 0.4) is 0 Å². The number of carbonyl (C=O) groups is 1. The Balaban J connectivity index is 1.91. The Labute approximate surface area is 166 Å². The number of aromatic nitrogens is 2. The highest BCUT2D eigenvalue weighted by Crippen LogP contribution is 2.24. The van der Waals surface area contributed by atoms with E-state index in [1.54, 1.807) is 19.9 Å². The number of non-ortho nitro benzene ring substituents is 1. The summed E-state index contributed by atoms with van der Waals surface area (Å²) in [4.78, 5) is 23.1. The molecule has 0 saturated heterocycles. The van der Waals surface area contributed by atoms with Gasteiger partial charge in [-0.1, -0.05) is 19.9 Å². The van der Waals surface area contributed by atoms with Gasteiger partial charge in [0.05, 0.1) is 15.3 Å². The molecule has 0 aliphatic heterocycles. The standard InChI is InChI=1S/C18H19N5O5S/c1-3-22(4-2)29(27,28)14-7-5-6-12(10-14)19-18(24)17-15-11-13(23(25)26)8-9-16(15)20-21-17/h5-11H,3-4H2,1-2H3,(H,19,24)(H,20,21). The van der Waals surface area contributed by atoms with Crippen molar-refractivity contribution >= 4 is 38.2 Å². The smallest absolute Gasteiger partial charge is 0.276 e. The number of sulfonamides is 1. The molecular weight excluding hydrogens is 398 g/mol. The number of nitro benzene ring substituents is 1. The van der Waals surface area contributed by atoms with Crippen LogP contribution in [0.5, 0.6) is 0 Å². The van der Waals surface area contributed by atoms with E-state index in [1.165, 1.54) is 40.7 Å². The van der Waals surface area contributed by atoms with Crippen molar-refractivity contribution < 1.29 is 18.1 Å². The zero-order chi connectivity index (χ0) is 21.2. The SMILES string of the molecule is CCN(CC)S(=O)(=O)c1cccc(NC(=O)c2n[nH]c3ccc([N+](=O)[O-])cc23)c1. The van der Waals surface area contributed by atoms with Crippen LogP contribution in [-0.4, -0.2) is 46.8 Å². The van der Waals surface area contributed by atoms with Crippen LogP contribution in [-0.2, 0) is 10.0 Å². The number of nitrogens with one attached hydrogen (secondary N) is 2. The van der Waals surface area contributed by atoms with Crippen molar-refractivity contribution in [2.75, 3.05) is 18.4 Å². The molecule has 0 aliphatic carbocycles. The first kappa shape index (κ1) is 20.4. The second-order valence-electron chi connectivity index (χ2n) is 6.13. The molecule has 1 aromatic heterocycles. The lowest BCUT2D eigenvalue weighted by atomic mass is 10.2. The molecule has 11 heteroatoms. The Kier molecular flexibility index (Phi) is 5.62. The number of anilines is 1. The Morgan fingerprint density at radius 1 is 1.21 bits per heavy atom. The van der Waals surface area contributed by atoms with E-state index in [0.717, 1.165) is 0 Å². The average Bonchev–Trinajstić information content (AvgIpc) is 3.12. The van der Waals surface area contributed by atoms with Gasteiger partial charge in [-0.15, -0.1) is 0 Å². The third-order valence-electron chi connectivity index (χ3n) is 4.41. The molecular formula is C18H19N5O5S. The van der Waals surface area contributed by atoms with E-state index < -0.39 is 20.9 Å². The number of nitro groups is 1. The first-order valence-electron chi connectivity index (χ1n) is 8.82. The molecule has 0 atom stereocenters. The van der Waals surface area contributed by atoms with Crippen molar-refractivity contribution in [1.29, 1.82) is 0 Å². The van der Waals surface area contributed by atoms with Crippen LogP contribution in [0.25, 0.3) is 10.9 Å². The molecule has 1 heterocycles. The summed E-state index contributed by atoms with van der Waals surface area (Å²) < 4.78 is 26.7. The lowest BCUT2D eigenvalue weighted by Gasteiger charge is -2.18. The molecule has 1 amide bonds. The van der Waals surface area contributed by atoms with Gasteiger partial charge in [0, 0.05) is 36.3 Å². The quantitative estimate of drug-likeness (QED) is 0.448. The predicted molar refractivity (Wildman–Crippen MR) is 107 cm³/mol. The Bertz CT molecular complexity index is 1180. The maximum Gasteiger partial charge on any atom is 0.276 e. The third kappa shape index (κ3) is 3.96. The van der Waals surface area contributed by atoms with Gasteiger partial charge in [0.2, 0.25) is 10.0 Å². The third-order valence-corrected chi connectivity index (χ3v) is 6.45. The zero-order valence-electron chi connectivity index (χ0n) is 15.7. The lowest BCUT2D eigenvalue weighted by Crippen LogP contribution is -2.30. The van der Waals surface area contributed by atoms with Crippen molar-refractivity contribution in [2.45, 2.75) is 18.7 Å². The van der Waals surface area contributed by atoms with Crippen LogP contribution in [0.1, 0.15) is 24.3 Å². The molecule has 0 radical (unpaired) electrons. The van der Waals surface area contributed by atoms with E-state index >= 15 is 0 Å². The highest BCUT2D eigenvalue weighted by molar-refractivity contribution is 7.89. The summed E-state index contributed by atoms with van der Waals surface area (Å²) in [5.74, 6) is -0.617. The topological polar surface area (TPSA) is 138 Å². The summed E-state index contributed by atoms with van der Waals surface area (Å²) in [7, 11) is -3.68. The minimum Gasteiger partial charge on any atom is -0.321 e. The number of aromatic amines is 1. The second kappa shape index (κ2) is 7.97. The maximum atomic E-state index is 12.7. The van der Waals surface area contributed by atoms with Gasteiger partial charge in [0.25, 0.3) is 11.6 Å². The number of H-pyrrole nitrogens is 1. The Morgan fingerprint density at radius 2 is 1.93 bits per heavy atom. The zero-order valence-corrected chi connectivity index (χ0v) is 16.6. The minimum absolute atomic E-state index is 0.0271. The fourth-order valence-corrected chi connectivity index (χ4v) is 4.43. The summed E-state index contributed by atoms with van der Waals surface area (Å²) in [6, 6.07) is 9.93. The van der Waals surface area contributed by atoms with Gasteiger partial charge in [-0.05, 0) is 24.3 Å². The van der Waals surface area contributed by atoms with Gasteiger partial charge in [-0.25, -0.2) is 8.42 Å². The molecule has 0 fully saturated rings. The van der Waals surface area contributed by atoms with Gasteiger partial charge in [0.15, 0.2) is 5.69 Å². The number of rotatable bonds is 7. The Hall–Kier alpha value is -3.31. The Morgan fingerprint density at radius 3 is 2.59 bits per heavy atom. The number of nitrogens with zero attached hydrogens (tertiary/aromatic N) is 3. The molecule has 0 spiro atoms. The molecule has 0 aliphatic rings. The number of amides is 1. The van der Waals surface area contributed by atoms with Crippen molar-refractivity contribution in [3.05, 3.63) is 58.3 Å². The van der Waals surface area contributed by atoms with Crippen LogP contribution < -0.4 is 5.32 Å².